The highest BCUT2D eigenvalue weighted by atomic mass is 16.7. The molecule has 2 aliphatic rings. The van der Waals surface area contributed by atoms with Crippen LogP contribution >= 0.6 is 0 Å². The molecule has 6 heteroatoms. The average molecular weight is 398 g/mol. The number of carbonyl (C=O) groups excluding carboxylic acids is 1. The molecule has 6 nitrogen and oxygen atoms in total. The van der Waals surface area contributed by atoms with Crippen molar-refractivity contribution in [3.05, 3.63) is 53.1 Å². The van der Waals surface area contributed by atoms with Crippen molar-refractivity contribution in [1.82, 2.24) is 0 Å². The molecule has 29 heavy (non-hydrogen) atoms. The molecule has 1 saturated heterocycles. The van der Waals surface area contributed by atoms with Gasteiger partial charge < -0.3 is 24.6 Å². The summed E-state index contributed by atoms with van der Waals surface area (Å²) in [6.45, 7) is 11.6. The molecule has 4 rings (SSSR count). The maximum atomic E-state index is 12.8. The van der Waals surface area contributed by atoms with Gasteiger partial charge in [-0.25, -0.2) is 0 Å². The van der Waals surface area contributed by atoms with E-state index in [4.69, 9.17) is 9.47 Å². The number of hydrogen-bond acceptors (Lipinski definition) is 3. The minimum Gasteiger partial charge on any atom is -0.454 e. The maximum absolute atomic E-state index is 12.8. The fraction of sp³-hybridized carbons (Fsp3) is 0.435. The van der Waals surface area contributed by atoms with Crippen molar-refractivity contribution in [1.29, 1.82) is 0 Å². The van der Waals surface area contributed by atoms with Crippen molar-refractivity contribution in [2.45, 2.75) is 33.4 Å². The Morgan fingerprint density at radius 3 is 2.55 bits per heavy atom. The first-order valence-electron chi connectivity index (χ1n) is 10.4. The fourth-order valence-electron chi connectivity index (χ4n) is 4.25. The second kappa shape index (κ2) is 8.43. The summed E-state index contributed by atoms with van der Waals surface area (Å²) in [5, 5.41) is 3.12. The topological polar surface area (TPSA) is 56.4 Å². The number of piperazine rings is 1. The number of nitrogens with one attached hydrogen (secondary N) is 3. The van der Waals surface area contributed by atoms with Crippen molar-refractivity contribution in [2.24, 2.45) is 0 Å². The highest BCUT2D eigenvalue weighted by Crippen LogP contribution is 2.32. The second-order valence-electron chi connectivity index (χ2n) is 8.30. The van der Waals surface area contributed by atoms with Gasteiger partial charge in [-0.1, -0.05) is 17.7 Å². The van der Waals surface area contributed by atoms with Gasteiger partial charge in [-0.2, -0.15) is 0 Å². The number of benzene rings is 2. The highest BCUT2D eigenvalue weighted by molar-refractivity contribution is 5.94. The van der Waals surface area contributed by atoms with Crippen LogP contribution in [0.3, 0.4) is 0 Å². The Hall–Kier alpha value is -2.57. The molecular formula is C23H31N3O3+2. The van der Waals surface area contributed by atoms with Gasteiger partial charge in [0.1, 0.15) is 32.7 Å². The van der Waals surface area contributed by atoms with Gasteiger partial charge in [0.25, 0.3) is 5.91 Å². The number of rotatable bonds is 5. The predicted molar refractivity (Wildman–Crippen MR) is 112 cm³/mol. The highest BCUT2D eigenvalue weighted by Gasteiger charge is 2.31. The van der Waals surface area contributed by atoms with Crippen LogP contribution < -0.4 is 24.6 Å². The van der Waals surface area contributed by atoms with Gasteiger partial charge in [0.15, 0.2) is 17.5 Å². The van der Waals surface area contributed by atoms with Crippen LogP contribution in [0.4, 0.5) is 5.69 Å². The van der Waals surface area contributed by atoms with Crippen molar-refractivity contribution in [3.63, 3.8) is 0 Å². The first kappa shape index (κ1) is 19.7. The molecular weight excluding hydrogens is 366 g/mol. The van der Waals surface area contributed by atoms with E-state index in [-0.39, 0.29) is 11.9 Å². The lowest BCUT2D eigenvalue weighted by atomic mass is 10.1. The van der Waals surface area contributed by atoms with E-state index in [1.54, 1.807) is 4.90 Å². The molecule has 0 saturated carbocycles. The van der Waals surface area contributed by atoms with Gasteiger partial charge in [-0.05, 0) is 50.6 Å². The molecule has 0 unspecified atom stereocenters. The third-order valence-electron chi connectivity index (χ3n) is 6.14. The summed E-state index contributed by atoms with van der Waals surface area (Å²) < 4.78 is 10.9. The molecule has 0 radical (unpaired) electrons. The minimum atomic E-state index is -0.0530. The van der Waals surface area contributed by atoms with E-state index in [0.29, 0.717) is 6.79 Å². The first-order valence-corrected chi connectivity index (χ1v) is 10.4. The molecule has 1 atom stereocenters. The lowest BCUT2D eigenvalue weighted by Crippen LogP contribution is -3.29. The first-order chi connectivity index (χ1) is 14.0. The number of quaternary nitrogens is 2. The van der Waals surface area contributed by atoms with Gasteiger partial charge in [-0.15, -0.1) is 0 Å². The van der Waals surface area contributed by atoms with Crippen LogP contribution in [0.5, 0.6) is 11.5 Å². The number of anilines is 1. The zero-order valence-corrected chi connectivity index (χ0v) is 17.5. The lowest BCUT2D eigenvalue weighted by molar-refractivity contribution is -1.02. The van der Waals surface area contributed by atoms with Crippen LogP contribution in [-0.2, 0) is 11.3 Å². The van der Waals surface area contributed by atoms with Crippen molar-refractivity contribution in [2.75, 3.05) is 38.3 Å². The van der Waals surface area contributed by atoms with E-state index in [2.05, 4.69) is 30.4 Å². The van der Waals surface area contributed by atoms with E-state index in [0.717, 1.165) is 55.5 Å². The van der Waals surface area contributed by atoms with Crippen LogP contribution in [0, 0.1) is 13.8 Å². The zero-order chi connectivity index (χ0) is 20.4. The molecule has 2 heterocycles. The van der Waals surface area contributed by atoms with E-state index in [9.17, 15) is 4.79 Å². The number of carbonyl (C=O) groups is 1. The van der Waals surface area contributed by atoms with Crippen LogP contribution in [0.2, 0.25) is 0 Å². The van der Waals surface area contributed by atoms with Crippen molar-refractivity contribution in [3.8, 4) is 11.5 Å². The summed E-state index contributed by atoms with van der Waals surface area (Å²) in [6.07, 6.45) is 0. The minimum absolute atomic E-state index is 0.0530. The predicted octanol–water partition coefficient (Wildman–Crippen LogP) is 0.343. The quantitative estimate of drug-likeness (QED) is 0.682. The second-order valence-corrected chi connectivity index (χ2v) is 8.30. The molecule has 2 aliphatic heterocycles. The van der Waals surface area contributed by atoms with Crippen molar-refractivity contribution < 1.29 is 24.1 Å². The molecule has 1 amide bonds. The Balaban J connectivity index is 1.29. The van der Waals surface area contributed by atoms with E-state index < -0.39 is 0 Å². The van der Waals surface area contributed by atoms with E-state index >= 15 is 0 Å². The summed E-state index contributed by atoms with van der Waals surface area (Å²) >= 11 is 0. The standard InChI is InChI=1S/C23H29N3O3/c1-16-4-6-20(17(2)12-16)24-23(27)18(3)26-10-8-25(9-11-26)14-19-5-7-21-22(13-19)29-15-28-21/h4-7,12-13,18H,8-11,14-15H2,1-3H3,(H,24,27)/p+2/t18-/m1/s1. The zero-order valence-electron chi connectivity index (χ0n) is 17.5. The number of aryl methyl sites for hydroxylation is 2. The molecule has 0 spiro atoms. The van der Waals surface area contributed by atoms with E-state index in [1.165, 1.54) is 16.0 Å². The van der Waals surface area contributed by atoms with Gasteiger partial charge >= 0.3 is 0 Å². The Morgan fingerprint density at radius 1 is 1.03 bits per heavy atom. The molecule has 0 aliphatic carbocycles. The molecule has 1 fully saturated rings. The van der Waals surface area contributed by atoms with Crippen LogP contribution in [0.1, 0.15) is 23.6 Å². The summed E-state index contributed by atoms with van der Waals surface area (Å²) in [5.41, 5.74) is 4.51. The number of hydrogen-bond donors (Lipinski definition) is 3. The molecule has 2 aromatic carbocycles. The Labute approximate surface area is 172 Å². The summed E-state index contributed by atoms with van der Waals surface area (Å²) in [4.78, 5) is 15.7. The molecule has 154 valence electrons. The smallest absolute Gasteiger partial charge is 0.282 e. The number of amides is 1. The Kier molecular flexibility index (Phi) is 5.74. The van der Waals surface area contributed by atoms with Gasteiger partial charge in [0.2, 0.25) is 6.79 Å². The number of fused-ring (bicyclic) bond motifs is 1. The average Bonchev–Trinajstić information content (AvgIpc) is 3.18. The monoisotopic (exact) mass is 397 g/mol. The van der Waals surface area contributed by atoms with Crippen molar-refractivity contribution >= 4 is 11.6 Å². The SMILES string of the molecule is Cc1ccc(NC(=O)[C@@H](C)[NH+]2CC[NH+](Cc3ccc4c(c3)OCO4)CC2)c(C)c1. The third-order valence-corrected chi connectivity index (χ3v) is 6.14. The summed E-state index contributed by atoms with van der Waals surface area (Å²) in [6, 6.07) is 12.3. The Morgan fingerprint density at radius 2 is 1.79 bits per heavy atom. The molecule has 0 bridgehead atoms. The summed E-state index contributed by atoms with van der Waals surface area (Å²) in [7, 11) is 0. The van der Waals surface area contributed by atoms with Gasteiger partial charge in [-0.3, -0.25) is 4.79 Å². The van der Waals surface area contributed by atoms with Gasteiger partial charge in [0, 0.05) is 11.3 Å². The third kappa shape index (κ3) is 4.54. The Bertz CT molecular complexity index is 891. The molecule has 2 aromatic rings. The van der Waals surface area contributed by atoms with Crippen LogP contribution in [0.25, 0.3) is 0 Å². The molecule has 3 N–H and O–H groups in total. The van der Waals surface area contributed by atoms with Crippen LogP contribution in [0.15, 0.2) is 36.4 Å². The van der Waals surface area contributed by atoms with Crippen LogP contribution in [-0.4, -0.2) is 44.9 Å². The maximum Gasteiger partial charge on any atom is 0.282 e. The summed E-state index contributed by atoms with van der Waals surface area (Å²) in [5.74, 6) is 1.79. The van der Waals surface area contributed by atoms with E-state index in [1.807, 2.05) is 32.0 Å². The fourth-order valence-corrected chi connectivity index (χ4v) is 4.25. The number of ether oxygens (including phenoxy) is 2. The largest absolute Gasteiger partial charge is 0.454 e. The normalized spacial score (nSPS) is 21.6. The lowest BCUT2D eigenvalue weighted by Gasteiger charge is -2.32. The van der Waals surface area contributed by atoms with Gasteiger partial charge in [0.05, 0.1) is 0 Å². The molecule has 0 aromatic heterocycles.